The predicted molar refractivity (Wildman–Crippen MR) is 109 cm³/mol. The highest BCUT2D eigenvalue weighted by molar-refractivity contribution is 5.86. The van der Waals surface area contributed by atoms with E-state index in [1.807, 2.05) is 6.07 Å². The molecule has 0 saturated carbocycles. The van der Waals surface area contributed by atoms with Crippen LogP contribution >= 0.6 is 0 Å². The molecule has 1 unspecified atom stereocenters. The van der Waals surface area contributed by atoms with E-state index in [2.05, 4.69) is 32.4 Å². The number of nitrogens with two attached hydrogens (primary N) is 1. The lowest BCUT2D eigenvalue weighted by Gasteiger charge is -2.19. The molecule has 1 aliphatic heterocycles. The summed E-state index contributed by atoms with van der Waals surface area (Å²) in [5.74, 6) is 1.75. The molecule has 1 aromatic carbocycles. The van der Waals surface area contributed by atoms with Crippen LogP contribution < -0.4 is 26.0 Å². The van der Waals surface area contributed by atoms with Crippen molar-refractivity contribution < 1.29 is 14.6 Å². The molecule has 2 aromatic rings. The first-order chi connectivity index (χ1) is 13.5. The topological polar surface area (TPSA) is 126 Å². The van der Waals surface area contributed by atoms with Crippen LogP contribution in [0, 0.1) is 0 Å². The van der Waals surface area contributed by atoms with E-state index in [-0.39, 0.29) is 6.04 Å². The van der Waals surface area contributed by atoms with Crippen molar-refractivity contribution in [2.45, 2.75) is 32.2 Å². The Bertz CT molecular complexity index is 844. The normalized spacial score (nSPS) is 16.1. The Balaban J connectivity index is 1.88. The van der Waals surface area contributed by atoms with Crippen molar-refractivity contribution in [2.75, 3.05) is 35.7 Å². The van der Waals surface area contributed by atoms with Crippen LogP contribution in [0.4, 0.5) is 27.9 Å². The Morgan fingerprint density at radius 1 is 1.39 bits per heavy atom. The maximum Gasteiger partial charge on any atom is 0.409 e. The highest BCUT2D eigenvalue weighted by Gasteiger charge is 2.21. The molecule has 1 atom stereocenters. The number of aromatic nitrogens is 2. The number of anilines is 4. The number of hydrogen-bond donors (Lipinski definition) is 4. The second-order valence-corrected chi connectivity index (χ2v) is 6.76. The number of aryl methyl sites for hydroxylation is 1. The molecule has 0 spiro atoms. The van der Waals surface area contributed by atoms with Gasteiger partial charge in [0, 0.05) is 36.6 Å². The number of benzene rings is 1. The number of nitrogens with one attached hydrogen (secondary N) is 2. The molecular formula is C19H26N6O3. The minimum absolute atomic E-state index is 0.159. The van der Waals surface area contributed by atoms with Crippen LogP contribution in [0.15, 0.2) is 24.3 Å². The summed E-state index contributed by atoms with van der Waals surface area (Å²) in [5, 5.41) is 14.5. The van der Waals surface area contributed by atoms with Crippen LogP contribution in [0.3, 0.4) is 0 Å². The molecule has 3 rings (SSSR count). The predicted octanol–water partition coefficient (Wildman–Crippen LogP) is 2.81. The third-order valence-corrected chi connectivity index (χ3v) is 4.52. The molecule has 0 radical (unpaired) electrons. The Morgan fingerprint density at radius 3 is 2.86 bits per heavy atom. The number of methoxy groups -OCH3 is 1. The summed E-state index contributed by atoms with van der Waals surface area (Å²) in [6, 6.07) is 7.29. The van der Waals surface area contributed by atoms with Gasteiger partial charge in [-0.2, -0.15) is 4.98 Å². The van der Waals surface area contributed by atoms with Crippen LogP contribution in [0.25, 0.3) is 0 Å². The zero-order valence-electron chi connectivity index (χ0n) is 16.1. The van der Waals surface area contributed by atoms with Gasteiger partial charge in [-0.15, -0.1) is 0 Å². The molecule has 9 heteroatoms. The molecular weight excluding hydrogens is 360 g/mol. The van der Waals surface area contributed by atoms with Crippen molar-refractivity contribution in [1.82, 2.24) is 9.97 Å². The van der Waals surface area contributed by atoms with Crippen molar-refractivity contribution in [1.29, 1.82) is 0 Å². The van der Waals surface area contributed by atoms with Gasteiger partial charge in [-0.3, -0.25) is 5.32 Å². The smallest absolute Gasteiger partial charge is 0.409 e. The van der Waals surface area contributed by atoms with Gasteiger partial charge in [-0.1, -0.05) is 13.3 Å². The minimum Gasteiger partial charge on any atom is -0.495 e. The van der Waals surface area contributed by atoms with Gasteiger partial charge in [0.2, 0.25) is 5.95 Å². The molecule has 1 saturated heterocycles. The molecule has 28 heavy (non-hydrogen) atoms. The van der Waals surface area contributed by atoms with E-state index in [4.69, 9.17) is 15.6 Å². The van der Waals surface area contributed by atoms with Crippen molar-refractivity contribution >= 4 is 29.2 Å². The van der Waals surface area contributed by atoms with E-state index in [0.29, 0.717) is 23.1 Å². The fraction of sp³-hybridized carbons (Fsp3) is 0.421. The van der Waals surface area contributed by atoms with E-state index in [1.165, 1.54) is 7.11 Å². The van der Waals surface area contributed by atoms with E-state index in [0.717, 1.165) is 43.9 Å². The first kappa shape index (κ1) is 19.7. The van der Waals surface area contributed by atoms with E-state index in [1.54, 1.807) is 18.2 Å². The molecule has 2 heterocycles. The maximum absolute atomic E-state index is 11.0. The number of ether oxygens (including phenoxy) is 1. The zero-order valence-corrected chi connectivity index (χ0v) is 16.1. The van der Waals surface area contributed by atoms with Crippen molar-refractivity contribution in [3.63, 3.8) is 0 Å². The minimum atomic E-state index is -1.16. The first-order valence-electron chi connectivity index (χ1n) is 9.32. The number of rotatable bonds is 7. The second kappa shape index (κ2) is 8.75. The van der Waals surface area contributed by atoms with E-state index in [9.17, 15) is 4.79 Å². The van der Waals surface area contributed by atoms with Crippen molar-refractivity contribution in [3.8, 4) is 5.75 Å². The van der Waals surface area contributed by atoms with Crippen LogP contribution in [0.5, 0.6) is 5.75 Å². The summed E-state index contributed by atoms with van der Waals surface area (Å²) >= 11 is 0. The zero-order chi connectivity index (χ0) is 20.1. The molecule has 1 aliphatic rings. The summed E-state index contributed by atoms with van der Waals surface area (Å²) in [7, 11) is 1.49. The van der Waals surface area contributed by atoms with E-state index >= 15 is 0 Å². The Kier molecular flexibility index (Phi) is 6.15. The number of nitrogens with zero attached hydrogens (tertiary/aromatic N) is 3. The first-order valence-corrected chi connectivity index (χ1v) is 9.32. The molecule has 9 nitrogen and oxygen atoms in total. The second-order valence-electron chi connectivity index (χ2n) is 6.76. The highest BCUT2D eigenvalue weighted by Crippen LogP contribution is 2.29. The Labute approximate surface area is 163 Å². The lowest BCUT2D eigenvalue weighted by molar-refractivity contribution is 0.209. The Hall–Kier alpha value is -3.07. The summed E-state index contributed by atoms with van der Waals surface area (Å²) in [4.78, 5) is 22.4. The van der Waals surface area contributed by atoms with Gasteiger partial charge in [0.15, 0.2) is 0 Å². The number of hydrogen-bond acceptors (Lipinski definition) is 7. The molecule has 1 aromatic heterocycles. The fourth-order valence-corrected chi connectivity index (χ4v) is 3.21. The van der Waals surface area contributed by atoms with Crippen LogP contribution in [0.2, 0.25) is 0 Å². The lowest BCUT2D eigenvalue weighted by atomic mass is 10.2. The molecule has 1 amide bonds. The lowest BCUT2D eigenvalue weighted by Crippen LogP contribution is -2.27. The van der Waals surface area contributed by atoms with Gasteiger partial charge in [0.05, 0.1) is 12.8 Å². The summed E-state index contributed by atoms with van der Waals surface area (Å²) in [6.07, 6.45) is 1.60. The average molecular weight is 386 g/mol. The van der Waals surface area contributed by atoms with Gasteiger partial charge in [-0.25, -0.2) is 9.78 Å². The monoisotopic (exact) mass is 386 g/mol. The number of carbonyl (C=O) groups is 1. The number of carboxylic acid groups (broad SMARTS) is 1. The van der Waals surface area contributed by atoms with E-state index < -0.39 is 6.09 Å². The molecule has 0 aliphatic carbocycles. The average Bonchev–Trinajstić information content (AvgIpc) is 3.08. The molecule has 150 valence electrons. The molecule has 5 N–H and O–H groups in total. The van der Waals surface area contributed by atoms with Crippen molar-refractivity contribution in [2.24, 2.45) is 5.73 Å². The van der Waals surface area contributed by atoms with Crippen LogP contribution in [0.1, 0.15) is 25.5 Å². The maximum atomic E-state index is 11.0. The SMILES string of the molecule is CCCc1cc(N2CCC(N)C2)nc(Nc2ccc(OC)c(NC(=O)O)c2)n1. The van der Waals surface area contributed by atoms with Crippen LogP contribution in [-0.2, 0) is 6.42 Å². The third kappa shape index (κ3) is 4.80. The standard InChI is InChI=1S/C19H26N6O3/c1-3-4-13-10-17(25-8-7-12(20)11-25)24-18(21-13)22-14-5-6-16(28-2)15(9-14)23-19(26)27/h5-6,9-10,12,23H,3-4,7-8,11,20H2,1-2H3,(H,26,27)(H,21,22,24). The van der Waals surface area contributed by atoms with Crippen LogP contribution in [-0.4, -0.2) is 47.4 Å². The van der Waals surface area contributed by atoms with Gasteiger partial charge in [0.25, 0.3) is 0 Å². The largest absolute Gasteiger partial charge is 0.495 e. The van der Waals surface area contributed by atoms with Gasteiger partial charge in [-0.05, 0) is 31.0 Å². The third-order valence-electron chi connectivity index (χ3n) is 4.52. The summed E-state index contributed by atoms with van der Waals surface area (Å²) < 4.78 is 5.20. The molecule has 1 fully saturated rings. The number of amides is 1. The Morgan fingerprint density at radius 2 is 2.21 bits per heavy atom. The summed E-state index contributed by atoms with van der Waals surface area (Å²) in [6.45, 7) is 3.75. The van der Waals surface area contributed by atoms with Crippen molar-refractivity contribution in [3.05, 3.63) is 30.0 Å². The quantitative estimate of drug-likeness (QED) is 0.572. The van der Waals surface area contributed by atoms with Gasteiger partial charge < -0.3 is 25.8 Å². The fourth-order valence-electron chi connectivity index (χ4n) is 3.21. The van der Waals surface area contributed by atoms with Gasteiger partial charge in [0.1, 0.15) is 11.6 Å². The summed E-state index contributed by atoms with van der Waals surface area (Å²) in [5.41, 5.74) is 7.99. The van der Waals surface area contributed by atoms with Gasteiger partial charge >= 0.3 is 6.09 Å². The highest BCUT2D eigenvalue weighted by atomic mass is 16.5. The molecule has 0 bridgehead atoms.